The van der Waals surface area contributed by atoms with Gasteiger partial charge in [0.1, 0.15) is 5.75 Å². The molecular weight excluding hydrogens is 285 g/mol. The van der Waals surface area contributed by atoms with Gasteiger partial charge in [-0.1, -0.05) is 35.3 Å². The molecule has 0 bridgehead atoms. The van der Waals surface area contributed by atoms with E-state index >= 15 is 0 Å². The second-order valence-corrected chi connectivity index (χ2v) is 4.85. The molecular formula is C14H13Cl2NO2. The third-order valence-corrected chi connectivity index (χ3v) is 3.13. The summed E-state index contributed by atoms with van der Waals surface area (Å²) in [5.41, 5.74) is 7.15. The van der Waals surface area contributed by atoms with Crippen molar-refractivity contribution in [1.29, 1.82) is 0 Å². The van der Waals surface area contributed by atoms with Gasteiger partial charge in [0.25, 0.3) is 0 Å². The first-order valence-corrected chi connectivity index (χ1v) is 6.48. The fourth-order valence-corrected chi connectivity index (χ4v) is 2.23. The predicted octanol–water partition coefficient (Wildman–Crippen LogP) is 3.90. The molecule has 5 heteroatoms. The molecule has 0 aliphatic rings. The lowest BCUT2D eigenvalue weighted by Crippen LogP contribution is -1.92. The van der Waals surface area contributed by atoms with Crippen molar-refractivity contribution in [3.63, 3.8) is 0 Å². The van der Waals surface area contributed by atoms with Gasteiger partial charge in [-0.15, -0.1) is 0 Å². The topological polar surface area (TPSA) is 55.5 Å². The first-order valence-electron chi connectivity index (χ1n) is 5.72. The predicted molar refractivity (Wildman–Crippen MR) is 78.2 cm³/mol. The van der Waals surface area contributed by atoms with Gasteiger partial charge in [-0.2, -0.15) is 0 Å². The summed E-state index contributed by atoms with van der Waals surface area (Å²) in [5.74, 6) is 1.00. The Kier molecular flexibility index (Phi) is 4.53. The maximum atomic E-state index is 8.84. The van der Waals surface area contributed by atoms with E-state index in [1.165, 1.54) is 0 Å². The highest BCUT2D eigenvalue weighted by molar-refractivity contribution is 6.37. The van der Waals surface area contributed by atoms with Crippen molar-refractivity contribution >= 4 is 28.9 Å². The highest BCUT2D eigenvalue weighted by Crippen LogP contribution is 2.38. The van der Waals surface area contributed by atoms with Crippen LogP contribution in [0.3, 0.4) is 0 Å². The lowest BCUT2D eigenvalue weighted by molar-refractivity contribution is 0.299. The molecule has 2 rings (SSSR count). The normalized spacial score (nSPS) is 10.5. The number of hydrogen-bond donors (Lipinski definition) is 2. The van der Waals surface area contributed by atoms with Crippen molar-refractivity contribution in [2.75, 3.05) is 12.3 Å². The summed E-state index contributed by atoms with van der Waals surface area (Å²) in [4.78, 5) is 0. The maximum Gasteiger partial charge on any atom is 0.164 e. The number of rotatable bonds is 4. The zero-order valence-corrected chi connectivity index (χ0v) is 11.6. The molecule has 0 aliphatic carbocycles. The number of nitrogens with two attached hydrogens (primary N) is 1. The highest BCUT2D eigenvalue weighted by atomic mass is 35.5. The van der Waals surface area contributed by atoms with E-state index < -0.39 is 0 Å². The van der Waals surface area contributed by atoms with Crippen molar-refractivity contribution in [3.8, 4) is 11.5 Å². The third kappa shape index (κ3) is 3.53. The van der Waals surface area contributed by atoms with E-state index in [4.69, 9.17) is 38.8 Å². The van der Waals surface area contributed by atoms with Gasteiger partial charge in [-0.3, -0.25) is 0 Å². The van der Waals surface area contributed by atoms with Crippen LogP contribution in [0.4, 0.5) is 5.69 Å². The molecule has 0 amide bonds. The Morgan fingerprint density at radius 3 is 2.16 bits per heavy atom. The van der Waals surface area contributed by atoms with Crippen LogP contribution in [-0.4, -0.2) is 11.7 Å². The zero-order chi connectivity index (χ0) is 13.8. The van der Waals surface area contributed by atoms with Crippen LogP contribution in [0.25, 0.3) is 0 Å². The average molecular weight is 298 g/mol. The molecule has 3 N–H and O–H groups in total. The summed E-state index contributed by atoms with van der Waals surface area (Å²) in [6, 6.07) is 10.5. The minimum atomic E-state index is 0.121. The van der Waals surface area contributed by atoms with Crippen molar-refractivity contribution in [1.82, 2.24) is 0 Å². The zero-order valence-electron chi connectivity index (χ0n) is 10.1. The first kappa shape index (κ1) is 14.0. The van der Waals surface area contributed by atoms with Gasteiger partial charge in [0.05, 0.1) is 10.0 Å². The van der Waals surface area contributed by atoms with Crippen LogP contribution in [0.15, 0.2) is 36.4 Å². The van der Waals surface area contributed by atoms with Crippen molar-refractivity contribution < 1.29 is 9.84 Å². The molecule has 0 radical (unpaired) electrons. The van der Waals surface area contributed by atoms with E-state index in [1.807, 2.05) is 12.1 Å². The Labute approximate surface area is 121 Å². The van der Waals surface area contributed by atoms with E-state index in [0.717, 1.165) is 5.56 Å². The quantitative estimate of drug-likeness (QED) is 0.842. The molecule has 0 fully saturated rings. The van der Waals surface area contributed by atoms with Crippen molar-refractivity contribution in [2.45, 2.75) is 6.42 Å². The lowest BCUT2D eigenvalue weighted by Gasteiger charge is -2.10. The molecule has 0 unspecified atom stereocenters. The summed E-state index contributed by atoms with van der Waals surface area (Å²) in [7, 11) is 0. The molecule has 0 atom stereocenters. The number of anilines is 1. The summed E-state index contributed by atoms with van der Waals surface area (Å²) in [5, 5.41) is 9.58. The lowest BCUT2D eigenvalue weighted by atomic mass is 10.1. The number of ether oxygens (including phenoxy) is 1. The minimum absolute atomic E-state index is 0.121. The smallest absolute Gasteiger partial charge is 0.164 e. The summed E-state index contributed by atoms with van der Waals surface area (Å²) in [6.07, 6.45) is 0.615. The Morgan fingerprint density at radius 1 is 1.05 bits per heavy atom. The Balaban J connectivity index is 2.21. The molecule has 19 heavy (non-hydrogen) atoms. The SMILES string of the molecule is Nc1cc(Cl)c(Oc2ccc(CCO)cc2)c(Cl)c1. The Hall–Kier alpha value is -1.42. The van der Waals surface area contributed by atoms with Gasteiger partial charge in [0, 0.05) is 12.3 Å². The third-order valence-electron chi connectivity index (χ3n) is 2.56. The van der Waals surface area contributed by atoms with Crippen LogP contribution in [0.5, 0.6) is 11.5 Å². The van der Waals surface area contributed by atoms with E-state index in [2.05, 4.69) is 0 Å². The van der Waals surface area contributed by atoms with E-state index in [9.17, 15) is 0 Å². The molecule has 0 aliphatic heterocycles. The summed E-state index contributed by atoms with van der Waals surface area (Å²) >= 11 is 12.1. The van der Waals surface area contributed by atoms with Crippen molar-refractivity contribution in [2.24, 2.45) is 0 Å². The number of aliphatic hydroxyl groups excluding tert-OH is 1. The monoisotopic (exact) mass is 297 g/mol. The second kappa shape index (κ2) is 6.15. The number of hydrogen-bond acceptors (Lipinski definition) is 3. The number of nitrogen functional groups attached to an aromatic ring is 1. The van der Waals surface area contributed by atoms with E-state index in [0.29, 0.717) is 33.7 Å². The van der Waals surface area contributed by atoms with Crippen LogP contribution in [0, 0.1) is 0 Å². The number of benzene rings is 2. The highest BCUT2D eigenvalue weighted by Gasteiger charge is 2.10. The van der Waals surface area contributed by atoms with Gasteiger partial charge in [0.2, 0.25) is 0 Å². The number of aliphatic hydroxyl groups is 1. The Morgan fingerprint density at radius 2 is 1.63 bits per heavy atom. The largest absolute Gasteiger partial charge is 0.454 e. The standard InChI is InChI=1S/C14H13Cl2NO2/c15-12-7-10(17)8-13(16)14(12)19-11-3-1-9(2-4-11)5-6-18/h1-4,7-8,18H,5-6,17H2. The van der Waals surface area contributed by atoms with Crippen LogP contribution in [-0.2, 0) is 6.42 Å². The maximum absolute atomic E-state index is 8.84. The fourth-order valence-electron chi connectivity index (χ4n) is 1.65. The first-order chi connectivity index (χ1) is 9.10. The molecule has 0 heterocycles. The van der Waals surface area contributed by atoms with Crippen LogP contribution in [0.2, 0.25) is 10.0 Å². The molecule has 0 saturated heterocycles. The molecule has 0 spiro atoms. The van der Waals surface area contributed by atoms with Gasteiger partial charge in [-0.25, -0.2) is 0 Å². The molecule has 100 valence electrons. The summed E-state index contributed by atoms with van der Waals surface area (Å²) in [6.45, 7) is 0.121. The average Bonchev–Trinajstić information content (AvgIpc) is 2.36. The molecule has 0 aromatic heterocycles. The van der Waals surface area contributed by atoms with E-state index in [-0.39, 0.29) is 6.61 Å². The molecule has 2 aromatic rings. The minimum Gasteiger partial charge on any atom is -0.454 e. The Bertz CT molecular complexity index is 547. The van der Waals surface area contributed by atoms with Gasteiger partial charge >= 0.3 is 0 Å². The van der Waals surface area contributed by atoms with Crippen LogP contribution < -0.4 is 10.5 Å². The molecule has 0 saturated carbocycles. The number of halogens is 2. The van der Waals surface area contributed by atoms with Crippen LogP contribution in [0.1, 0.15) is 5.56 Å². The van der Waals surface area contributed by atoms with Crippen LogP contribution >= 0.6 is 23.2 Å². The van der Waals surface area contributed by atoms with Gasteiger partial charge in [0.15, 0.2) is 5.75 Å². The van der Waals surface area contributed by atoms with E-state index in [1.54, 1.807) is 24.3 Å². The van der Waals surface area contributed by atoms with Crippen molar-refractivity contribution in [3.05, 3.63) is 52.0 Å². The second-order valence-electron chi connectivity index (χ2n) is 4.03. The summed E-state index contributed by atoms with van der Waals surface area (Å²) < 4.78 is 5.65. The fraction of sp³-hybridized carbons (Fsp3) is 0.143. The van der Waals surface area contributed by atoms with Gasteiger partial charge in [-0.05, 0) is 36.2 Å². The van der Waals surface area contributed by atoms with Gasteiger partial charge < -0.3 is 15.6 Å². The molecule has 3 nitrogen and oxygen atoms in total. The molecule has 2 aromatic carbocycles.